The maximum absolute atomic E-state index is 10.4. The Morgan fingerprint density at radius 2 is 2.00 bits per heavy atom. The first-order chi connectivity index (χ1) is 7.66. The van der Waals surface area contributed by atoms with Crippen molar-refractivity contribution >= 4 is 13.6 Å². The number of imidazole rings is 1. The Kier molecular flexibility index (Phi) is 10.6. The largest absolute Gasteiger partial charge is 1.00 e. The van der Waals surface area contributed by atoms with Crippen LogP contribution in [0.25, 0.3) is 0 Å². The molecule has 0 atom stereocenters. The first-order valence-electron chi connectivity index (χ1n) is 4.20. The standard InChI is InChI=1S/C6H9N3O3.K.H3O4P/c1-5-7-4-6(9(11)12)8(5)2-3-10;;1-5(2,3)4/h4,10H,2-3H2,1H3;;(H3,1,2,3,4)/q;+1;/p-1. The molecule has 0 aromatic carbocycles. The molecule has 1 aromatic rings. The number of hydrogen-bond acceptors (Lipinski definition) is 6. The molecule has 10 nitrogen and oxygen atoms in total. The van der Waals surface area contributed by atoms with Crippen molar-refractivity contribution in [3.05, 3.63) is 22.1 Å². The van der Waals surface area contributed by atoms with E-state index >= 15 is 0 Å². The minimum absolute atomic E-state index is 0. The van der Waals surface area contributed by atoms with E-state index in [0.29, 0.717) is 5.82 Å². The van der Waals surface area contributed by atoms with Gasteiger partial charge in [0.25, 0.3) is 7.82 Å². The summed E-state index contributed by atoms with van der Waals surface area (Å²) in [4.78, 5) is 36.5. The third kappa shape index (κ3) is 9.27. The van der Waals surface area contributed by atoms with Crippen LogP contribution in [0.5, 0.6) is 0 Å². The van der Waals surface area contributed by atoms with Gasteiger partial charge in [-0.3, -0.25) is 4.57 Å². The van der Waals surface area contributed by atoms with E-state index in [1.54, 1.807) is 6.92 Å². The van der Waals surface area contributed by atoms with Crippen molar-refractivity contribution < 1.29 is 80.7 Å². The van der Waals surface area contributed by atoms with E-state index in [0.717, 1.165) is 0 Å². The fourth-order valence-electron chi connectivity index (χ4n) is 0.978. The normalized spacial score (nSPS) is 10.1. The molecule has 0 bridgehead atoms. The van der Waals surface area contributed by atoms with E-state index in [4.69, 9.17) is 24.4 Å². The van der Waals surface area contributed by atoms with Crippen molar-refractivity contribution in [2.24, 2.45) is 0 Å². The van der Waals surface area contributed by atoms with E-state index in [9.17, 15) is 10.1 Å². The van der Waals surface area contributed by atoms with Crippen LogP contribution in [0.3, 0.4) is 0 Å². The Labute approximate surface area is 144 Å². The first kappa shape index (κ1) is 20.6. The molecule has 0 aliphatic rings. The van der Waals surface area contributed by atoms with Crippen LogP contribution in [0.15, 0.2) is 6.20 Å². The van der Waals surface area contributed by atoms with Gasteiger partial charge in [-0.05, 0) is 4.92 Å². The van der Waals surface area contributed by atoms with Crippen LogP contribution < -0.4 is 56.3 Å². The predicted octanol–water partition coefficient (Wildman–Crippen LogP) is -4.46. The van der Waals surface area contributed by atoms with Crippen molar-refractivity contribution in [1.29, 1.82) is 0 Å². The molecule has 0 unspecified atom stereocenters. The summed E-state index contributed by atoms with van der Waals surface area (Å²) in [6.45, 7) is 1.74. The Balaban J connectivity index is 0. The zero-order valence-corrected chi connectivity index (χ0v) is 13.8. The fraction of sp³-hybridized carbons (Fsp3) is 0.500. The summed E-state index contributed by atoms with van der Waals surface area (Å²) in [6.07, 6.45) is 1.19. The van der Waals surface area contributed by atoms with Gasteiger partial charge in [0, 0.05) is 6.92 Å². The van der Waals surface area contributed by atoms with E-state index in [1.165, 1.54) is 10.8 Å². The second-order valence-electron chi connectivity index (χ2n) is 2.79. The van der Waals surface area contributed by atoms with Gasteiger partial charge in [0.15, 0.2) is 5.82 Å². The molecule has 18 heavy (non-hydrogen) atoms. The third-order valence-electron chi connectivity index (χ3n) is 1.54. The number of nitrogens with zero attached hydrogens (tertiary/aromatic N) is 3. The predicted molar refractivity (Wildman–Crippen MR) is 52.7 cm³/mol. The number of aromatic nitrogens is 2. The molecule has 0 radical (unpaired) electrons. The molecule has 0 saturated carbocycles. The smallest absolute Gasteiger partial charge is 0.756 e. The summed E-state index contributed by atoms with van der Waals surface area (Å²) < 4.78 is 10.1. The van der Waals surface area contributed by atoms with E-state index < -0.39 is 12.7 Å². The van der Waals surface area contributed by atoms with Gasteiger partial charge in [-0.25, -0.2) is 9.55 Å². The van der Waals surface area contributed by atoms with Gasteiger partial charge in [-0.15, -0.1) is 0 Å². The quantitative estimate of drug-likeness (QED) is 0.218. The van der Waals surface area contributed by atoms with Crippen LogP contribution in [-0.2, 0) is 11.1 Å². The molecule has 0 aliphatic carbocycles. The zero-order chi connectivity index (χ0) is 13.6. The molecule has 98 valence electrons. The second-order valence-corrected chi connectivity index (χ2v) is 3.77. The Bertz CT molecular complexity index is 423. The number of rotatable bonds is 3. The molecule has 0 saturated heterocycles. The van der Waals surface area contributed by atoms with Crippen molar-refractivity contribution in [1.82, 2.24) is 9.55 Å². The van der Waals surface area contributed by atoms with Crippen molar-refractivity contribution in [3.63, 3.8) is 0 Å². The molecule has 0 amide bonds. The minimum atomic E-state index is -4.89. The Morgan fingerprint density at radius 3 is 2.33 bits per heavy atom. The van der Waals surface area contributed by atoms with Crippen LogP contribution in [-0.4, -0.2) is 36.0 Å². The average molecular weight is 307 g/mol. The van der Waals surface area contributed by atoms with Gasteiger partial charge in [0.1, 0.15) is 12.7 Å². The average Bonchev–Trinajstić information content (AvgIpc) is 2.46. The fourth-order valence-corrected chi connectivity index (χ4v) is 0.978. The van der Waals surface area contributed by atoms with Crippen molar-refractivity contribution in [2.75, 3.05) is 6.61 Å². The number of aliphatic hydroxyl groups is 1. The summed E-state index contributed by atoms with van der Waals surface area (Å²) in [5.41, 5.74) is 0. The Morgan fingerprint density at radius 1 is 1.56 bits per heavy atom. The van der Waals surface area contributed by atoms with E-state index in [2.05, 4.69) is 4.98 Å². The summed E-state index contributed by atoms with van der Waals surface area (Å²) in [7, 11) is -4.89. The van der Waals surface area contributed by atoms with Crippen LogP contribution in [0.2, 0.25) is 0 Å². The first-order valence-corrected chi connectivity index (χ1v) is 5.73. The molecule has 0 spiro atoms. The molecule has 1 rings (SSSR count). The summed E-state index contributed by atoms with van der Waals surface area (Å²) in [5, 5.41) is 19.0. The molecule has 1 heterocycles. The van der Waals surface area contributed by atoms with Gasteiger partial charge in [-0.1, -0.05) is 0 Å². The molecule has 3 N–H and O–H groups in total. The number of aryl methyl sites for hydroxylation is 1. The van der Waals surface area contributed by atoms with Crippen molar-refractivity contribution in [3.8, 4) is 0 Å². The van der Waals surface area contributed by atoms with Gasteiger partial charge in [0.05, 0.1) is 6.61 Å². The second kappa shape index (κ2) is 9.26. The molecule has 0 fully saturated rings. The number of nitro groups is 1. The van der Waals surface area contributed by atoms with E-state index in [1.807, 2.05) is 0 Å². The summed E-state index contributed by atoms with van der Waals surface area (Å²) in [6, 6.07) is 0. The number of hydrogen-bond donors (Lipinski definition) is 3. The summed E-state index contributed by atoms with van der Waals surface area (Å²) in [5.74, 6) is 0.456. The monoisotopic (exact) mass is 307 g/mol. The third-order valence-corrected chi connectivity index (χ3v) is 1.54. The molecular formula is C6H11KN3O7P. The van der Waals surface area contributed by atoms with Crippen LogP contribution in [0.4, 0.5) is 5.82 Å². The van der Waals surface area contributed by atoms with Gasteiger partial charge in [0.2, 0.25) is 0 Å². The summed E-state index contributed by atoms with van der Waals surface area (Å²) >= 11 is 0. The van der Waals surface area contributed by atoms with Gasteiger partial charge >= 0.3 is 57.2 Å². The van der Waals surface area contributed by atoms with Gasteiger partial charge in [-0.2, -0.15) is 0 Å². The molecule has 12 heteroatoms. The van der Waals surface area contributed by atoms with Gasteiger partial charge < -0.3 is 29.9 Å². The van der Waals surface area contributed by atoms with E-state index in [-0.39, 0.29) is 70.4 Å². The maximum Gasteiger partial charge on any atom is 1.00 e. The minimum Gasteiger partial charge on any atom is -0.756 e. The SMILES string of the molecule is Cc1ncc([N+](=O)[O-])n1CCO.O=P([O-])(O)O.[K+]. The van der Waals surface area contributed by atoms with Crippen LogP contribution in [0, 0.1) is 17.0 Å². The number of phosphoric acid groups is 1. The number of aliphatic hydroxyl groups excluding tert-OH is 1. The molecule has 0 aliphatic heterocycles. The maximum atomic E-state index is 10.4. The van der Waals surface area contributed by atoms with Crippen LogP contribution >= 0.6 is 7.82 Å². The molecular weight excluding hydrogens is 296 g/mol. The van der Waals surface area contributed by atoms with Crippen molar-refractivity contribution in [2.45, 2.75) is 13.5 Å². The Hall–Kier alpha value is 0.316. The topological polar surface area (TPSA) is 162 Å². The van der Waals surface area contributed by atoms with Crippen LogP contribution in [0.1, 0.15) is 5.82 Å². The zero-order valence-electron chi connectivity index (χ0n) is 9.76. The molecule has 1 aromatic heterocycles.